The summed E-state index contributed by atoms with van der Waals surface area (Å²) >= 11 is 1.15. The third-order valence-electron chi connectivity index (χ3n) is 4.07. The fourth-order valence-electron chi connectivity index (χ4n) is 2.67. The van der Waals surface area contributed by atoms with Gasteiger partial charge >= 0.3 is 0 Å². The fourth-order valence-corrected chi connectivity index (χ4v) is 5.91. The predicted octanol–water partition coefficient (Wildman–Crippen LogP) is 4.29. The van der Waals surface area contributed by atoms with Crippen LogP contribution in [0.25, 0.3) is 6.08 Å². The van der Waals surface area contributed by atoms with Crippen LogP contribution in [0.4, 0.5) is 0 Å². The van der Waals surface area contributed by atoms with Crippen molar-refractivity contribution in [2.75, 3.05) is 0 Å². The van der Waals surface area contributed by atoms with E-state index >= 15 is 0 Å². The average molecular weight is 429 g/mol. The number of rotatable bonds is 6. The monoisotopic (exact) mass is 428 g/mol. The van der Waals surface area contributed by atoms with Crippen molar-refractivity contribution in [3.05, 3.63) is 59.2 Å². The van der Waals surface area contributed by atoms with Crippen molar-refractivity contribution < 1.29 is 25.9 Å². The fraction of sp³-hybridized carbons (Fsp3) is 0.222. The van der Waals surface area contributed by atoms with Gasteiger partial charge in [-0.3, -0.25) is 9.11 Å². The summed E-state index contributed by atoms with van der Waals surface area (Å²) in [5.74, 6) is 0. The van der Waals surface area contributed by atoms with E-state index in [-0.39, 0.29) is 15.0 Å². The lowest BCUT2D eigenvalue weighted by Crippen LogP contribution is -2.06. The molecule has 0 amide bonds. The maximum Gasteiger partial charge on any atom is 0.295 e. The van der Waals surface area contributed by atoms with E-state index in [0.29, 0.717) is 27.1 Å². The summed E-state index contributed by atoms with van der Waals surface area (Å²) in [7, 11) is -8.84. The summed E-state index contributed by atoms with van der Waals surface area (Å²) in [6.45, 7) is 8.59. The Hall–Kier alpha value is -1.65. The summed E-state index contributed by atoms with van der Waals surface area (Å²) in [4.78, 5) is -0.0662. The molecule has 0 aliphatic carbocycles. The Bertz CT molecular complexity index is 1100. The molecule has 27 heavy (non-hydrogen) atoms. The lowest BCUT2D eigenvalue weighted by Gasteiger charge is -2.18. The molecule has 0 spiro atoms. The molecule has 2 aromatic carbocycles. The molecule has 146 valence electrons. The van der Waals surface area contributed by atoms with Crippen LogP contribution in [0, 0.1) is 13.8 Å². The minimum Gasteiger partial charge on any atom is -0.282 e. The normalized spacial score (nSPS) is 13.4. The first-order valence-corrected chi connectivity index (χ1v) is 11.6. The van der Waals surface area contributed by atoms with E-state index in [1.165, 1.54) is 12.1 Å². The SMILES string of the molecule is C=Cc1ccc(C)c(S(=O)(=O)O)c1SC(C)c1ccc(C)c(S(=O)(=O)O)c1. The molecule has 0 aliphatic rings. The predicted molar refractivity (Wildman–Crippen MR) is 106 cm³/mol. The van der Waals surface area contributed by atoms with Crippen LogP contribution in [-0.4, -0.2) is 25.9 Å². The number of thioether (sulfide) groups is 1. The highest BCUT2D eigenvalue weighted by atomic mass is 32.2. The Labute approximate surface area is 163 Å². The number of aryl methyl sites for hydroxylation is 2. The minimum atomic E-state index is -4.47. The van der Waals surface area contributed by atoms with Crippen molar-refractivity contribution in [1.29, 1.82) is 0 Å². The topological polar surface area (TPSA) is 109 Å². The van der Waals surface area contributed by atoms with Crippen molar-refractivity contribution in [1.82, 2.24) is 0 Å². The van der Waals surface area contributed by atoms with Gasteiger partial charge in [-0.05, 0) is 49.1 Å². The molecule has 2 N–H and O–H groups in total. The summed E-state index contributed by atoms with van der Waals surface area (Å²) in [6, 6.07) is 7.92. The second-order valence-corrected chi connectivity index (χ2v) is 10.2. The number of hydrogen-bond acceptors (Lipinski definition) is 5. The summed E-state index contributed by atoms with van der Waals surface area (Å²) in [6.07, 6.45) is 1.49. The molecule has 0 saturated heterocycles. The van der Waals surface area contributed by atoms with E-state index in [0.717, 1.165) is 11.8 Å². The van der Waals surface area contributed by atoms with Crippen LogP contribution in [-0.2, 0) is 20.2 Å². The molecular formula is C18H20O6S3. The van der Waals surface area contributed by atoms with E-state index < -0.39 is 20.2 Å². The molecule has 1 atom stereocenters. The zero-order valence-electron chi connectivity index (χ0n) is 15.0. The standard InChI is InChI=1S/C18H20O6S3/c1-5-14-8-7-12(3)18(27(22,23)24)17(14)25-13(4)15-9-6-11(2)16(10-15)26(19,20)21/h5-10,13H,1H2,2-4H3,(H,19,20,21)(H,22,23,24). The first kappa shape index (κ1) is 21.6. The average Bonchev–Trinajstić information content (AvgIpc) is 2.53. The number of hydrogen-bond donors (Lipinski definition) is 2. The second kappa shape index (κ2) is 7.76. The molecule has 2 rings (SSSR count). The summed E-state index contributed by atoms with van der Waals surface area (Å²) in [5.41, 5.74) is 1.91. The van der Waals surface area contributed by atoms with Gasteiger partial charge in [0, 0.05) is 10.1 Å². The van der Waals surface area contributed by atoms with Crippen LogP contribution >= 0.6 is 11.8 Å². The van der Waals surface area contributed by atoms with Crippen molar-refractivity contribution >= 4 is 38.1 Å². The van der Waals surface area contributed by atoms with E-state index in [1.54, 1.807) is 45.0 Å². The molecule has 9 heteroatoms. The molecule has 0 radical (unpaired) electrons. The Morgan fingerprint density at radius 1 is 1.00 bits per heavy atom. The smallest absolute Gasteiger partial charge is 0.282 e. The third kappa shape index (κ3) is 4.80. The Balaban J connectivity index is 2.58. The molecule has 6 nitrogen and oxygen atoms in total. The van der Waals surface area contributed by atoms with Crippen LogP contribution < -0.4 is 0 Å². The molecule has 0 heterocycles. The molecule has 0 fully saturated rings. The van der Waals surface area contributed by atoms with Gasteiger partial charge in [0.2, 0.25) is 0 Å². The Morgan fingerprint density at radius 3 is 2.11 bits per heavy atom. The van der Waals surface area contributed by atoms with Crippen LogP contribution in [0.3, 0.4) is 0 Å². The lowest BCUT2D eigenvalue weighted by molar-refractivity contribution is 0.479. The van der Waals surface area contributed by atoms with E-state index in [2.05, 4.69) is 6.58 Å². The summed E-state index contributed by atoms with van der Waals surface area (Å²) < 4.78 is 65.9. The molecule has 2 aromatic rings. The van der Waals surface area contributed by atoms with Gasteiger partial charge in [-0.15, -0.1) is 11.8 Å². The number of benzene rings is 2. The molecule has 0 aromatic heterocycles. The van der Waals surface area contributed by atoms with Crippen LogP contribution in [0.15, 0.2) is 51.6 Å². The van der Waals surface area contributed by atoms with Gasteiger partial charge < -0.3 is 0 Å². The van der Waals surface area contributed by atoms with Crippen molar-refractivity contribution in [3.8, 4) is 0 Å². The van der Waals surface area contributed by atoms with Gasteiger partial charge in [0.25, 0.3) is 20.2 Å². The molecule has 1 unspecified atom stereocenters. The van der Waals surface area contributed by atoms with Gasteiger partial charge in [0.1, 0.15) is 4.90 Å². The first-order chi connectivity index (χ1) is 12.4. The highest BCUT2D eigenvalue weighted by Gasteiger charge is 2.24. The van der Waals surface area contributed by atoms with Crippen LogP contribution in [0.5, 0.6) is 0 Å². The van der Waals surface area contributed by atoms with Crippen molar-refractivity contribution in [2.45, 2.75) is 40.7 Å². The van der Waals surface area contributed by atoms with E-state index in [4.69, 9.17) is 0 Å². The van der Waals surface area contributed by atoms with E-state index in [9.17, 15) is 25.9 Å². The van der Waals surface area contributed by atoms with Gasteiger partial charge in [0.15, 0.2) is 0 Å². The Kier molecular flexibility index (Phi) is 6.23. The molecule has 0 bridgehead atoms. The highest BCUT2D eigenvalue weighted by molar-refractivity contribution is 8.00. The van der Waals surface area contributed by atoms with Gasteiger partial charge in [-0.25, -0.2) is 0 Å². The van der Waals surface area contributed by atoms with Crippen molar-refractivity contribution in [3.63, 3.8) is 0 Å². The van der Waals surface area contributed by atoms with Crippen LogP contribution in [0.2, 0.25) is 0 Å². The maximum atomic E-state index is 11.9. The van der Waals surface area contributed by atoms with Gasteiger partial charge in [-0.2, -0.15) is 16.8 Å². The quantitative estimate of drug-likeness (QED) is 0.522. The van der Waals surface area contributed by atoms with Gasteiger partial charge in [-0.1, -0.05) is 36.9 Å². The largest absolute Gasteiger partial charge is 0.295 e. The molecular weight excluding hydrogens is 408 g/mol. The van der Waals surface area contributed by atoms with Gasteiger partial charge in [0.05, 0.1) is 4.90 Å². The zero-order valence-corrected chi connectivity index (χ0v) is 17.5. The highest BCUT2D eigenvalue weighted by Crippen LogP contribution is 2.42. The third-order valence-corrected chi connectivity index (χ3v) is 7.54. The minimum absolute atomic E-state index is 0.195. The maximum absolute atomic E-state index is 11.9. The van der Waals surface area contributed by atoms with E-state index in [1.807, 2.05) is 0 Å². The van der Waals surface area contributed by atoms with Crippen molar-refractivity contribution in [2.24, 2.45) is 0 Å². The lowest BCUT2D eigenvalue weighted by atomic mass is 10.1. The molecule has 0 aliphatic heterocycles. The second-order valence-electron chi connectivity index (χ2n) is 6.07. The van der Waals surface area contributed by atoms with Crippen LogP contribution in [0.1, 0.15) is 34.4 Å². The summed E-state index contributed by atoms with van der Waals surface area (Å²) in [5, 5.41) is -0.368. The molecule has 0 saturated carbocycles. The first-order valence-electron chi connectivity index (χ1n) is 7.84. The zero-order chi connectivity index (χ0) is 20.6. The Morgan fingerprint density at radius 2 is 1.59 bits per heavy atom.